The topological polar surface area (TPSA) is 151 Å². The molecule has 3 unspecified atom stereocenters. The molecule has 3 aromatic heterocycles. The molecule has 3 atom stereocenters. The Bertz CT molecular complexity index is 2430. The van der Waals surface area contributed by atoms with E-state index in [1.807, 2.05) is 70.4 Å². The number of aromatic nitrogens is 4. The highest BCUT2D eigenvalue weighted by Gasteiger charge is 2.51. The largest absolute Gasteiger partial charge is 0.476 e. The smallest absolute Gasteiger partial charge is 0.355 e. The molecular weight excluding hydrogens is 735 g/mol. The van der Waals surface area contributed by atoms with Gasteiger partial charge in [-0.2, -0.15) is 5.10 Å². The number of benzene rings is 2. The molecule has 2 aliphatic heterocycles. The maximum absolute atomic E-state index is 13.6. The minimum atomic E-state index is -2.98. The van der Waals surface area contributed by atoms with E-state index in [1.54, 1.807) is 6.20 Å². The number of carbonyl (C=O) groups excluding carboxylic acids is 1. The summed E-state index contributed by atoms with van der Waals surface area (Å²) >= 11 is 1.43. The van der Waals surface area contributed by atoms with Crippen LogP contribution in [0.5, 0.6) is 0 Å². The van der Waals surface area contributed by atoms with E-state index in [-0.39, 0.29) is 34.1 Å². The fourth-order valence-electron chi connectivity index (χ4n) is 9.74. The third-order valence-corrected chi connectivity index (χ3v) is 14.6. The number of hydrogen-bond acceptors (Lipinski definition) is 10. The second-order valence-electron chi connectivity index (χ2n) is 15.9. The van der Waals surface area contributed by atoms with Crippen LogP contribution >= 0.6 is 11.3 Å². The molecule has 1 saturated heterocycles. The molecule has 0 radical (unpaired) electrons. The van der Waals surface area contributed by atoms with E-state index < -0.39 is 15.8 Å². The number of thiazole rings is 1. The van der Waals surface area contributed by atoms with Crippen LogP contribution in [-0.4, -0.2) is 86.7 Å². The standard InChI is InChI=1S/C41H43N7O5S2/c1-27-20-40(13-5-14-41(21-27,25-40)47-16-18-55(52,53)19-17-47)26-48-23-29(22-42-48)30-10-11-35(44-36(30)38(50)51)46-15-12-28-6-4-7-31(32(28)24-46)37(49)45-39-43-33-8-2-3-9-34(33)54-39/h2-11,14,22-23,27H,12-13,15-21,24-26H2,1H3,(H,50,51)(H,43,45,49). The van der Waals surface area contributed by atoms with Gasteiger partial charge in [0, 0.05) is 61.1 Å². The van der Waals surface area contributed by atoms with Crippen molar-refractivity contribution in [3.8, 4) is 11.1 Å². The summed E-state index contributed by atoms with van der Waals surface area (Å²) in [5.74, 6) is 0.0623. The van der Waals surface area contributed by atoms with Crippen LogP contribution in [0.3, 0.4) is 0 Å². The minimum Gasteiger partial charge on any atom is -0.476 e. The molecule has 2 fully saturated rings. The molecule has 2 bridgehead atoms. The van der Waals surface area contributed by atoms with Gasteiger partial charge in [-0.25, -0.2) is 23.2 Å². The third kappa shape index (κ3) is 6.84. The second-order valence-corrected chi connectivity index (χ2v) is 19.2. The van der Waals surface area contributed by atoms with E-state index in [1.165, 1.54) is 11.3 Å². The van der Waals surface area contributed by atoms with Crippen molar-refractivity contribution in [1.29, 1.82) is 0 Å². The lowest BCUT2D eigenvalue weighted by molar-refractivity contribution is -0.0147. The van der Waals surface area contributed by atoms with Crippen LogP contribution in [-0.2, 0) is 29.3 Å². The maximum atomic E-state index is 13.6. The van der Waals surface area contributed by atoms with Crippen LogP contribution in [0.1, 0.15) is 64.6 Å². The van der Waals surface area contributed by atoms with Gasteiger partial charge in [-0.15, -0.1) is 0 Å². The number of fused-ring (bicyclic) bond motifs is 4. The van der Waals surface area contributed by atoms with Gasteiger partial charge in [0.1, 0.15) is 5.82 Å². The first-order valence-electron chi connectivity index (χ1n) is 18.9. The Hall–Kier alpha value is -4.92. The number of carbonyl (C=O) groups is 2. The molecule has 2 aliphatic carbocycles. The van der Waals surface area contributed by atoms with Crippen molar-refractivity contribution in [2.24, 2.45) is 11.3 Å². The summed E-state index contributed by atoms with van der Waals surface area (Å²) in [7, 11) is -2.98. The molecule has 4 aliphatic rings. The van der Waals surface area contributed by atoms with E-state index >= 15 is 0 Å². The molecule has 5 aromatic rings. The molecule has 0 spiro atoms. The van der Waals surface area contributed by atoms with Crippen molar-refractivity contribution in [3.05, 3.63) is 102 Å². The van der Waals surface area contributed by atoms with Crippen LogP contribution < -0.4 is 10.2 Å². The number of para-hydroxylation sites is 1. The van der Waals surface area contributed by atoms with Crippen LogP contribution in [0.4, 0.5) is 10.9 Å². The summed E-state index contributed by atoms with van der Waals surface area (Å²) in [6.45, 7) is 5.14. The Kier molecular flexibility index (Phi) is 8.89. The number of carboxylic acids is 1. The second kappa shape index (κ2) is 13.7. The van der Waals surface area contributed by atoms with Crippen molar-refractivity contribution in [3.63, 3.8) is 0 Å². The predicted octanol–water partition coefficient (Wildman–Crippen LogP) is 6.30. The van der Waals surface area contributed by atoms with Crippen LogP contribution in [0, 0.1) is 11.3 Å². The summed E-state index contributed by atoms with van der Waals surface area (Å²) in [5.41, 5.74) is 4.30. The monoisotopic (exact) mass is 777 g/mol. The average molecular weight is 778 g/mol. The van der Waals surface area contributed by atoms with Gasteiger partial charge in [-0.1, -0.05) is 54.7 Å². The first-order chi connectivity index (χ1) is 26.5. The zero-order valence-corrected chi connectivity index (χ0v) is 32.3. The lowest BCUT2D eigenvalue weighted by Crippen LogP contribution is -2.60. The number of nitrogens with one attached hydrogen (secondary N) is 1. The van der Waals surface area contributed by atoms with Gasteiger partial charge in [0.05, 0.1) is 27.9 Å². The number of pyridine rings is 1. The van der Waals surface area contributed by atoms with Gasteiger partial charge in [-0.3, -0.25) is 19.7 Å². The summed E-state index contributed by atoms with van der Waals surface area (Å²) < 4.78 is 27.4. The van der Waals surface area contributed by atoms with Gasteiger partial charge in [0.25, 0.3) is 5.91 Å². The highest BCUT2D eigenvalue weighted by Crippen LogP contribution is 2.53. The summed E-state index contributed by atoms with van der Waals surface area (Å²) in [6, 6.07) is 17.2. The first-order valence-corrected chi connectivity index (χ1v) is 21.5. The fourth-order valence-corrected chi connectivity index (χ4v) is 11.8. The zero-order chi connectivity index (χ0) is 38.0. The van der Waals surface area contributed by atoms with Crippen molar-refractivity contribution < 1.29 is 23.1 Å². The van der Waals surface area contributed by atoms with Gasteiger partial charge >= 0.3 is 5.97 Å². The van der Waals surface area contributed by atoms with Crippen LogP contribution in [0.2, 0.25) is 0 Å². The number of allylic oxidation sites excluding steroid dienone is 1. The molecule has 55 heavy (non-hydrogen) atoms. The van der Waals surface area contributed by atoms with Gasteiger partial charge in [-0.05, 0) is 84.9 Å². The van der Waals surface area contributed by atoms with E-state index in [0.29, 0.717) is 72.7 Å². The number of amides is 1. The summed E-state index contributed by atoms with van der Waals surface area (Å²) in [6.07, 6.45) is 12.9. The van der Waals surface area contributed by atoms with Crippen molar-refractivity contribution in [1.82, 2.24) is 24.6 Å². The van der Waals surface area contributed by atoms with Crippen LogP contribution in [0.25, 0.3) is 21.3 Å². The van der Waals surface area contributed by atoms with E-state index in [0.717, 1.165) is 47.0 Å². The molecular formula is C41H43N7O5S2. The fraction of sp³-hybridized carbons (Fsp3) is 0.390. The number of hydrogen-bond donors (Lipinski definition) is 2. The first kappa shape index (κ1) is 35.8. The predicted molar refractivity (Wildman–Crippen MR) is 213 cm³/mol. The van der Waals surface area contributed by atoms with Gasteiger partial charge < -0.3 is 10.0 Å². The van der Waals surface area contributed by atoms with E-state index in [9.17, 15) is 23.1 Å². The SMILES string of the molecule is CC1CC2(Cn3cc(-c4ccc(N5CCc6cccc(C(=O)Nc7nc8ccccc8s7)c6C5)nc4C(=O)O)cn3)CC=CC(N3CCS(=O)(=O)CC3)(C1)C2. The molecule has 5 heterocycles. The lowest BCUT2D eigenvalue weighted by Gasteiger charge is -2.56. The van der Waals surface area contributed by atoms with Gasteiger partial charge in [0.2, 0.25) is 0 Å². The molecule has 1 amide bonds. The normalized spacial score (nSPS) is 24.7. The lowest BCUT2D eigenvalue weighted by atomic mass is 9.58. The Morgan fingerprint density at radius 1 is 1.02 bits per heavy atom. The highest BCUT2D eigenvalue weighted by molar-refractivity contribution is 7.91. The molecule has 2 aromatic carbocycles. The Balaban J connectivity index is 0.935. The third-order valence-electron chi connectivity index (χ3n) is 12.0. The molecule has 1 saturated carbocycles. The zero-order valence-electron chi connectivity index (χ0n) is 30.6. The minimum absolute atomic E-state index is 0.0432. The number of carboxylic acid groups (broad SMARTS) is 1. The molecule has 284 valence electrons. The molecule has 9 rings (SSSR count). The highest BCUT2D eigenvalue weighted by atomic mass is 32.2. The summed E-state index contributed by atoms with van der Waals surface area (Å²) in [4.78, 5) is 40.0. The number of nitrogens with zero attached hydrogens (tertiary/aromatic N) is 6. The number of anilines is 2. The van der Waals surface area contributed by atoms with E-state index in [2.05, 4.69) is 39.3 Å². The molecule has 12 nitrogen and oxygen atoms in total. The maximum Gasteiger partial charge on any atom is 0.355 e. The van der Waals surface area contributed by atoms with Crippen molar-refractivity contribution >= 4 is 54.2 Å². The molecule has 2 N–H and O–H groups in total. The number of sulfone groups is 1. The number of aromatic carboxylic acids is 1. The Labute approximate surface area is 323 Å². The summed E-state index contributed by atoms with van der Waals surface area (Å²) in [5, 5.41) is 18.7. The Morgan fingerprint density at radius 2 is 1.85 bits per heavy atom. The van der Waals surface area contributed by atoms with E-state index in [4.69, 9.17) is 5.10 Å². The quantitative estimate of drug-likeness (QED) is 0.172. The Morgan fingerprint density at radius 3 is 2.67 bits per heavy atom. The molecule has 14 heteroatoms. The number of rotatable bonds is 8. The average Bonchev–Trinajstić information content (AvgIpc) is 3.80. The van der Waals surface area contributed by atoms with Crippen LogP contribution in [0.15, 0.2) is 79.1 Å². The van der Waals surface area contributed by atoms with Gasteiger partial charge in [0.15, 0.2) is 20.7 Å². The van der Waals surface area contributed by atoms with Crippen molar-refractivity contribution in [2.75, 3.05) is 41.4 Å². The van der Waals surface area contributed by atoms with Crippen molar-refractivity contribution in [2.45, 2.75) is 57.7 Å².